The van der Waals surface area contributed by atoms with Crippen LogP contribution >= 0.6 is 11.3 Å². The van der Waals surface area contributed by atoms with Gasteiger partial charge < -0.3 is 14.7 Å². The highest BCUT2D eigenvalue weighted by atomic mass is 32.2. The molecule has 2 heterocycles. The smallest absolute Gasteiger partial charge is 0.384 e. The predicted molar refractivity (Wildman–Crippen MR) is 135 cm³/mol. The number of carbonyl (C=O) groups excluding carboxylic acids is 1. The Labute approximate surface area is 224 Å². The molecule has 2 N–H and O–H groups in total. The Kier molecular flexibility index (Phi) is 8.95. The van der Waals surface area contributed by atoms with E-state index in [0.717, 1.165) is 53.9 Å². The van der Waals surface area contributed by atoms with Crippen molar-refractivity contribution in [2.24, 2.45) is 5.92 Å². The number of methoxy groups -OCH3 is 1. The fourth-order valence-electron chi connectivity index (χ4n) is 5.26. The van der Waals surface area contributed by atoms with Gasteiger partial charge in [-0.05, 0) is 62.8 Å². The third kappa shape index (κ3) is 6.99. The number of sulfonamides is 1. The van der Waals surface area contributed by atoms with Crippen molar-refractivity contribution in [2.75, 3.05) is 26.7 Å². The van der Waals surface area contributed by atoms with Gasteiger partial charge in [-0.15, -0.1) is 11.3 Å². The van der Waals surface area contributed by atoms with Gasteiger partial charge >= 0.3 is 6.18 Å². The fourth-order valence-corrected chi connectivity index (χ4v) is 7.35. The molecule has 1 aromatic heterocycles. The Morgan fingerprint density at radius 1 is 1.29 bits per heavy atom. The van der Waals surface area contributed by atoms with E-state index in [0.29, 0.717) is 38.1 Å². The van der Waals surface area contributed by atoms with Crippen LogP contribution in [0.2, 0.25) is 0 Å². The molecule has 1 aromatic carbocycles. The summed E-state index contributed by atoms with van der Waals surface area (Å²) in [6.07, 6.45) is 0.980. The van der Waals surface area contributed by atoms with Gasteiger partial charge in [0.2, 0.25) is 10.0 Å². The molecule has 0 amide bonds. The molecule has 1 saturated heterocycles. The molecule has 0 spiro atoms. The van der Waals surface area contributed by atoms with Gasteiger partial charge in [-0.25, -0.2) is 18.1 Å². The molecule has 210 valence electrons. The van der Waals surface area contributed by atoms with Crippen molar-refractivity contribution in [1.82, 2.24) is 14.6 Å². The van der Waals surface area contributed by atoms with E-state index < -0.39 is 38.8 Å². The van der Waals surface area contributed by atoms with E-state index in [1.807, 2.05) is 0 Å². The van der Waals surface area contributed by atoms with E-state index in [1.54, 1.807) is 13.3 Å². The minimum absolute atomic E-state index is 0.0828. The van der Waals surface area contributed by atoms with E-state index >= 15 is 0 Å². The van der Waals surface area contributed by atoms with Gasteiger partial charge in [0.1, 0.15) is 16.4 Å². The van der Waals surface area contributed by atoms with Crippen molar-refractivity contribution in [1.29, 1.82) is 0 Å². The van der Waals surface area contributed by atoms with Crippen LogP contribution in [0, 0.1) is 5.92 Å². The molecule has 38 heavy (non-hydrogen) atoms. The lowest BCUT2D eigenvalue weighted by atomic mass is 9.81. The maximum Gasteiger partial charge on any atom is 0.416 e. The standard InChI is InChI=1S/C25H32F3N3O5S2/c1-36-16-23-29-14-22(37-23)24(33)8-5-19(6-9-24)31-10-7-17(15-31)11-20(32)13-30-38(34,35)21-4-2-3-18(12-21)25(26,27)28/h2-4,12,14,17,19,30,33H,5-11,13,15-16H2,1H3. The molecule has 2 aromatic rings. The largest absolute Gasteiger partial charge is 0.416 e. The highest BCUT2D eigenvalue weighted by Gasteiger charge is 2.40. The number of benzene rings is 1. The third-order valence-electron chi connectivity index (χ3n) is 7.34. The fraction of sp³-hybridized carbons (Fsp3) is 0.600. The second kappa shape index (κ2) is 11.7. The third-order valence-corrected chi connectivity index (χ3v) is 9.91. The maximum absolute atomic E-state index is 12.9. The van der Waals surface area contributed by atoms with Gasteiger partial charge in [0.15, 0.2) is 0 Å². The number of likely N-dealkylation sites (tertiary alicyclic amines) is 1. The topological polar surface area (TPSA) is 109 Å². The summed E-state index contributed by atoms with van der Waals surface area (Å²) in [5.41, 5.74) is -1.95. The lowest BCUT2D eigenvalue weighted by Crippen LogP contribution is -2.41. The number of halogens is 3. The molecular formula is C25H32F3N3O5S2. The van der Waals surface area contributed by atoms with Gasteiger partial charge in [-0.2, -0.15) is 13.2 Å². The molecule has 1 aliphatic heterocycles. The number of aliphatic hydroxyl groups is 1. The van der Waals surface area contributed by atoms with Crippen LogP contribution in [-0.2, 0) is 37.9 Å². The van der Waals surface area contributed by atoms with E-state index in [4.69, 9.17) is 4.74 Å². The Balaban J connectivity index is 1.24. The van der Waals surface area contributed by atoms with Crippen molar-refractivity contribution in [3.05, 3.63) is 45.9 Å². The summed E-state index contributed by atoms with van der Waals surface area (Å²) in [4.78, 5) is 19.5. The summed E-state index contributed by atoms with van der Waals surface area (Å²) in [6, 6.07) is 3.74. The second-order valence-corrected chi connectivity index (χ2v) is 12.9. The molecular weight excluding hydrogens is 543 g/mol. The average Bonchev–Trinajstić information content (AvgIpc) is 3.54. The minimum atomic E-state index is -4.67. The number of ether oxygens (including phenoxy) is 1. The normalized spacial score (nSPS) is 25.1. The average molecular weight is 576 g/mol. The first-order chi connectivity index (χ1) is 17.9. The number of alkyl halides is 3. The Morgan fingerprint density at radius 3 is 2.71 bits per heavy atom. The summed E-state index contributed by atoms with van der Waals surface area (Å²) in [5.74, 6) is -0.220. The molecule has 0 radical (unpaired) electrons. The van der Waals surface area contributed by atoms with Gasteiger partial charge in [0.05, 0.1) is 28.5 Å². The van der Waals surface area contributed by atoms with Crippen molar-refractivity contribution in [3.63, 3.8) is 0 Å². The quantitative estimate of drug-likeness (QED) is 0.445. The molecule has 1 aliphatic carbocycles. The van der Waals surface area contributed by atoms with Gasteiger partial charge in [-0.1, -0.05) is 6.07 Å². The first kappa shape index (κ1) is 29.1. The van der Waals surface area contributed by atoms with E-state index in [1.165, 1.54) is 11.3 Å². The Bertz CT molecular complexity index is 1230. The number of nitrogens with zero attached hydrogens (tertiary/aromatic N) is 2. The zero-order valence-corrected chi connectivity index (χ0v) is 22.7. The summed E-state index contributed by atoms with van der Waals surface area (Å²) >= 11 is 1.47. The number of carbonyl (C=O) groups is 1. The molecule has 13 heteroatoms. The molecule has 1 unspecified atom stereocenters. The van der Waals surface area contributed by atoms with Crippen LogP contribution in [0.15, 0.2) is 35.4 Å². The summed E-state index contributed by atoms with van der Waals surface area (Å²) < 4.78 is 70.9. The Hall–Kier alpha value is -1.90. The number of hydrogen-bond donors (Lipinski definition) is 2. The lowest BCUT2D eigenvalue weighted by molar-refractivity contribution is -0.137. The maximum atomic E-state index is 12.9. The number of nitrogens with one attached hydrogen (secondary N) is 1. The number of thiazole rings is 1. The number of ketones is 1. The van der Waals surface area contributed by atoms with Crippen molar-refractivity contribution < 1.29 is 36.2 Å². The first-order valence-electron chi connectivity index (χ1n) is 12.5. The number of hydrogen-bond acceptors (Lipinski definition) is 8. The molecule has 0 bridgehead atoms. The molecule has 1 saturated carbocycles. The minimum Gasteiger partial charge on any atom is -0.384 e. The van der Waals surface area contributed by atoms with E-state index in [2.05, 4.69) is 14.6 Å². The van der Waals surface area contributed by atoms with Crippen molar-refractivity contribution in [3.8, 4) is 0 Å². The van der Waals surface area contributed by atoms with E-state index in [9.17, 15) is 31.5 Å². The number of Topliss-reactive ketones (excluding diaryl/α,β-unsaturated/α-hetero) is 1. The van der Waals surface area contributed by atoms with Gasteiger partial charge in [-0.3, -0.25) is 4.79 Å². The zero-order chi connectivity index (χ0) is 27.6. The number of rotatable bonds is 10. The van der Waals surface area contributed by atoms with E-state index in [-0.39, 0.29) is 18.1 Å². The van der Waals surface area contributed by atoms with Crippen molar-refractivity contribution >= 4 is 27.1 Å². The van der Waals surface area contributed by atoms with Crippen LogP contribution in [0.4, 0.5) is 13.2 Å². The SMILES string of the molecule is COCc1ncc(C2(O)CCC(N3CCC(CC(=O)CNS(=O)(=O)c4cccc(C(F)(F)F)c4)C3)CC2)s1. The number of aromatic nitrogens is 1. The lowest BCUT2D eigenvalue weighted by Gasteiger charge is -2.39. The molecule has 4 rings (SSSR count). The molecule has 1 atom stereocenters. The molecule has 8 nitrogen and oxygen atoms in total. The van der Waals surface area contributed by atoms with Crippen molar-refractivity contribution in [2.45, 2.75) is 67.8 Å². The first-order valence-corrected chi connectivity index (χ1v) is 14.8. The van der Waals surface area contributed by atoms with Crippen LogP contribution in [0.1, 0.15) is 54.0 Å². The van der Waals surface area contributed by atoms with Crippen LogP contribution < -0.4 is 4.72 Å². The monoisotopic (exact) mass is 575 g/mol. The highest BCUT2D eigenvalue weighted by Crippen LogP contribution is 2.42. The summed E-state index contributed by atoms with van der Waals surface area (Å²) in [7, 11) is -2.64. The zero-order valence-electron chi connectivity index (χ0n) is 21.0. The van der Waals surface area contributed by atoms with Crippen LogP contribution in [0.5, 0.6) is 0 Å². The Morgan fingerprint density at radius 2 is 2.03 bits per heavy atom. The second-order valence-electron chi connectivity index (χ2n) is 10.1. The van der Waals surface area contributed by atoms with Crippen LogP contribution in [0.3, 0.4) is 0 Å². The van der Waals surface area contributed by atoms with Gasteiger partial charge in [0.25, 0.3) is 0 Å². The van der Waals surface area contributed by atoms with Gasteiger partial charge in [0, 0.05) is 32.3 Å². The molecule has 2 aliphatic rings. The summed E-state index contributed by atoms with van der Waals surface area (Å²) in [5, 5.41) is 12.0. The molecule has 2 fully saturated rings. The highest BCUT2D eigenvalue weighted by molar-refractivity contribution is 7.89. The van der Waals surface area contributed by atoms with Crippen LogP contribution in [0.25, 0.3) is 0 Å². The summed E-state index contributed by atoms with van der Waals surface area (Å²) in [6.45, 7) is 1.50. The predicted octanol–water partition coefficient (Wildman–Crippen LogP) is 3.70. The van der Waals surface area contributed by atoms with Crippen LogP contribution in [-0.4, -0.2) is 62.0 Å².